The maximum absolute atomic E-state index is 11.9. The summed E-state index contributed by atoms with van der Waals surface area (Å²) in [4.78, 5) is 0. The Morgan fingerprint density at radius 2 is 2.12 bits per heavy atom. The average molecular weight is 248 g/mol. The van der Waals surface area contributed by atoms with Gasteiger partial charge in [-0.3, -0.25) is 0 Å². The lowest BCUT2D eigenvalue weighted by Gasteiger charge is -2.15. The molecule has 16 heavy (non-hydrogen) atoms. The van der Waals surface area contributed by atoms with Crippen molar-refractivity contribution in [1.82, 2.24) is 9.62 Å². The summed E-state index contributed by atoms with van der Waals surface area (Å²) in [7, 11) is -2.97. The zero-order valence-corrected chi connectivity index (χ0v) is 11.2. The lowest BCUT2D eigenvalue weighted by atomic mass is 10.2. The fourth-order valence-electron chi connectivity index (χ4n) is 1.99. The maximum atomic E-state index is 11.9. The second-order valence-corrected chi connectivity index (χ2v) is 6.72. The predicted octanol–water partition coefficient (Wildman–Crippen LogP) is 1.05. The van der Waals surface area contributed by atoms with E-state index in [9.17, 15) is 8.42 Å². The van der Waals surface area contributed by atoms with Gasteiger partial charge in [-0.05, 0) is 38.3 Å². The number of unbranched alkanes of at least 4 members (excludes halogenated alkanes) is 1. The van der Waals surface area contributed by atoms with E-state index in [1.165, 1.54) is 0 Å². The minimum atomic E-state index is -2.97. The van der Waals surface area contributed by atoms with Crippen LogP contribution in [0.5, 0.6) is 0 Å². The van der Waals surface area contributed by atoms with Crippen molar-refractivity contribution in [3.63, 3.8) is 0 Å². The fourth-order valence-corrected chi connectivity index (χ4v) is 3.68. The molecule has 1 rings (SSSR count). The molecule has 0 amide bonds. The van der Waals surface area contributed by atoms with Crippen molar-refractivity contribution >= 4 is 10.0 Å². The zero-order chi connectivity index (χ0) is 12.0. The minimum Gasteiger partial charge on any atom is -0.317 e. The molecule has 1 fully saturated rings. The smallest absolute Gasteiger partial charge is 0.214 e. The molecule has 1 heterocycles. The summed E-state index contributed by atoms with van der Waals surface area (Å²) in [5.74, 6) is 0.835. The summed E-state index contributed by atoms with van der Waals surface area (Å²) in [5.41, 5.74) is 0. The van der Waals surface area contributed by atoms with Gasteiger partial charge < -0.3 is 5.32 Å². The molecular formula is C11H24N2O2S. The van der Waals surface area contributed by atoms with Crippen LogP contribution < -0.4 is 5.32 Å². The Balaban J connectivity index is 2.24. The van der Waals surface area contributed by atoms with Crippen LogP contribution in [0.4, 0.5) is 0 Å². The summed E-state index contributed by atoms with van der Waals surface area (Å²) in [6, 6.07) is 0. The van der Waals surface area contributed by atoms with Crippen LogP contribution in [-0.2, 0) is 10.0 Å². The van der Waals surface area contributed by atoms with Crippen LogP contribution in [0.15, 0.2) is 0 Å². The van der Waals surface area contributed by atoms with E-state index in [0.29, 0.717) is 11.7 Å². The van der Waals surface area contributed by atoms with Crippen LogP contribution in [0, 0.1) is 5.92 Å². The molecule has 5 heteroatoms. The van der Waals surface area contributed by atoms with Gasteiger partial charge in [-0.15, -0.1) is 0 Å². The molecule has 1 aliphatic rings. The van der Waals surface area contributed by atoms with E-state index in [-0.39, 0.29) is 0 Å². The molecule has 1 unspecified atom stereocenters. The van der Waals surface area contributed by atoms with Gasteiger partial charge in [0.1, 0.15) is 0 Å². The molecule has 0 spiro atoms. The molecule has 4 nitrogen and oxygen atoms in total. The summed E-state index contributed by atoms with van der Waals surface area (Å²) in [6.45, 7) is 7.48. The van der Waals surface area contributed by atoms with Crippen molar-refractivity contribution in [3.05, 3.63) is 0 Å². The first-order chi connectivity index (χ1) is 7.56. The summed E-state index contributed by atoms with van der Waals surface area (Å²) in [5, 5.41) is 3.20. The third-order valence-electron chi connectivity index (χ3n) is 3.04. The van der Waals surface area contributed by atoms with Gasteiger partial charge in [0.25, 0.3) is 0 Å². The largest absolute Gasteiger partial charge is 0.317 e. The zero-order valence-electron chi connectivity index (χ0n) is 10.4. The summed E-state index contributed by atoms with van der Waals surface area (Å²) < 4.78 is 25.5. The molecule has 0 saturated carbocycles. The number of nitrogens with zero attached hydrogens (tertiary/aromatic N) is 1. The van der Waals surface area contributed by atoms with Gasteiger partial charge in [0.05, 0.1) is 5.75 Å². The Labute approximate surface area is 99.5 Å². The first-order valence-corrected chi connectivity index (χ1v) is 7.85. The molecule has 1 atom stereocenters. The van der Waals surface area contributed by atoms with Crippen LogP contribution >= 0.6 is 0 Å². The first-order valence-electron chi connectivity index (χ1n) is 6.25. The van der Waals surface area contributed by atoms with Crippen LogP contribution in [0.2, 0.25) is 0 Å². The molecule has 1 saturated heterocycles. The van der Waals surface area contributed by atoms with Crippen LogP contribution in [0.1, 0.15) is 33.1 Å². The van der Waals surface area contributed by atoms with Crippen molar-refractivity contribution in [2.24, 2.45) is 5.92 Å². The van der Waals surface area contributed by atoms with Gasteiger partial charge >= 0.3 is 0 Å². The molecule has 0 aromatic heterocycles. The first kappa shape index (κ1) is 13.9. The molecule has 0 bridgehead atoms. The van der Waals surface area contributed by atoms with Crippen molar-refractivity contribution in [1.29, 1.82) is 0 Å². The SMILES string of the molecule is CCNCCCCS(=O)(=O)N1CCC(C)C1. The van der Waals surface area contributed by atoms with E-state index < -0.39 is 10.0 Å². The van der Waals surface area contributed by atoms with E-state index in [2.05, 4.69) is 19.2 Å². The van der Waals surface area contributed by atoms with E-state index in [1.54, 1.807) is 4.31 Å². The second-order valence-electron chi connectivity index (χ2n) is 4.63. The minimum absolute atomic E-state index is 0.311. The van der Waals surface area contributed by atoms with E-state index in [4.69, 9.17) is 0 Å². The Hall–Kier alpha value is -0.130. The molecule has 0 aromatic carbocycles. The van der Waals surface area contributed by atoms with Crippen molar-refractivity contribution < 1.29 is 8.42 Å². The van der Waals surface area contributed by atoms with E-state index in [1.807, 2.05) is 0 Å². The fraction of sp³-hybridized carbons (Fsp3) is 1.00. The van der Waals surface area contributed by atoms with Gasteiger partial charge in [0.15, 0.2) is 0 Å². The van der Waals surface area contributed by atoms with Crippen molar-refractivity contribution in [3.8, 4) is 0 Å². The number of nitrogens with one attached hydrogen (secondary N) is 1. The highest BCUT2D eigenvalue weighted by molar-refractivity contribution is 7.89. The van der Waals surface area contributed by atoms with E-state index in [0.717, 1.165) is 45.4 Å². The molecule has 0 radical (unpaired) electrons. The molecule has 0 aromatic rings. The Kier molecular flexibility index (Phi) is 5.72. The summed E-state index contributed by atoms with van der Waals surface area (Å²) >= 11 is 0. The predicted molar refractivity (Wildman–Crippen MR) is 66.9 cm³/mol. The van der Waals surface area contributed by atoms with Gasteiger partial charge in [-0.25, -0.2) is 12.7 Å². The highest BCUT2D eigenvalue weighted by atomic mass is 32.2. The van der Waals surface area contributed by atoms with E-state index >= 15 is 0 Å². The Morgan fingerprint density at radius 3 is 2.69 bits per heavy atom. The molecule has 1 aliphatic heterocycles. The monoisotopic (exact) mass is 248 g/mol. The Bertz CT molecular complexity index is 290. The molecule has 96 valence electrons. The van der Waals surface area contributed by atoms with Crippen molar-refractivity contribution in [2.45, 2.75) is 33.1 Å². The summed E-state index contributed by atoms with van der Waals surface area (Å²) in [6.07, 6.45) is 2.72. The quantitative estimate of drug-likeness (QED) is 0.685. The van der Waals surface area contributed by atoms with Gasteiger partial charge in [-0.2, -0.15) is 0 Å². The highest BCUT2D eigenvalue weighted by Gasteiger charge is 2.28. The normalized spacial score (nSPS) is 22.8. The van der Waals surface area contributed by atoms with Gasteiger partial charge in [0, 0.05) is 13.1 Å². The number of rotatable bonds is 7. The third-order valence-corrected chi connectivity index (χ3v) is 4.96. The third kappa shape index (κ3) is 4.39. The van der Waals surface area contributed by atoms with Crippen LogP contribution in [0.25, 0.3) is 0 Å². The molecule has 0 aliphatic carbocycles. The highest BCUT2D eigenvalue weighted by Crippen LogP contribution is 2.19. The molecule has 1 N–H and O–H groups in total. The van der Waals surface area contributed by atoms with Gasteiger partial charge in [-0.1, -0.05) is 13.8 Å². The number of hydrogen-bond acceptors (Lipinski definition) is 3. The van der Waals surface area contributed by atoms with Gasteiger partial charge in [0.2, 0.25) is 10.0 Å². The number of hydrogen-bond donors (Lipinski definition) is 1. The molecular weight excluding hydrogens is 224 g/mol. The number of sulfonamides is 1. The van der Waals surface area contributed by atoms with Crippen LogP contribution in [0.3, 0.4) is 0 Å². The maximum Gasteiger partial charge on any atom is 0.214 e. The lowest BCUT2D eigenvalue weighted by molar-refractivity contribution is 0.462. The van der Waals surface area contributed by atoms with Crippen LogP contribution in [-0.4, -0.2) is 44.7 Å². The average Bonchev–Trinajstić information content (AvgIpc) is 2.65. The standard InChI is InChI=1S/C11H24N2O2S/c1-3-12-7-4-5-9-16(14,15)13-8-6-11(2)10-13/h11-12H,3-10H2,1-2H3. The van der Waals surface area contributed by atoms with Crippen molar-refractivity contribution in [2.75, 3.05) is 31.9 Å². The lowest BCUT2D eigenvalue weighted by Crippen LogP contribution is -2.31. The Morgan fingerprint density at radius 1 is 1.38 bits per heavy atom. The second kappa shape index (κ2) is 6.57. The topological polar surface area (TPSA) is 49.4 Å².